The van der Waals surface area contributed by atoms with Gasteiger partial charge >= 0.3 is 0 Å². The molecule has 20 heavy (non-hydrogen) atoms. The molecule has 0 atom stereocenters. The van der Waals surface area contributed by atoms with Crippen molar-refractivity contribution in [1.29, 1.82) is 5.26 Å². The summed E-state index contributed by atoms with van der Waals surface area (Å²) in [5, 5.41) is 12.0. The van der Waals surface area contributed by atoms with Crippen molar-refractivity contribution < 1.29 is 4.79 Å². The smallest absolute Gasteiger partial charge is 0.256 e. The highest BCUT2D eigenvalue weighted by Crippen LogP contribution is 2.23. The van der Waals surface area contributed by atoms with Crippen LogP contribution in [0, 0.1) is 14.9 Å². The Labute approximate surface area is 143 Å². The number of hydrogen-bond acceptors (Lipinski definition) is 2. The number of carbonyl (C=O) groups excluding carboxylic acids is 1. The molecule has 0 unspecified atom stereocenters. The molecule has 1 amide bonds. The van der Waals surface area contributed by atoms with Gasteiger partial charge in [0.15, 0.2) is 0 Å². The lowest BCUT2D eigenvalue weighted by Gasteiger charge is -2.08. The average molecular weight is 461 g/mol. The van der Waals surface area contributed by atoms with Crippen molar-refractivity contribution in [2.75, 3.05) is 5.32 Å². The van der Waals surface area contributed by atoms with Gasteiger partial charge in [-0.25, -0.2) is 0 Å². The minimum Gasteiger partial charge on any atom is -0.322 e. The Hall–Kier alpha value is -1.10. The molecule has 0 spiro atoms. The normalized spacial score (nSPS) is 9.90. The summed E-state index contributed by atoms with van der Waals surface area (Å²) in [4.78, 5) is 12.2. The molecule has 0 saturated carbocycles. The van der Waals surface area contributed by atoms with Crippen LogP contribution in [0.3, 0.4) is 0 Å². The molecule has 3 nitrogen and oxygen atoms in total. The highest BCUT2D eigenvalue weighted by atomic mass is 127. The summed E-state index contributed by atoms with van der Waals surface area (Å²) < 4.78 is 1.68. The van der Waals surface area contributed by atoms with Crippen molar-refractivity contribution in [2.24, 2.45) is 0 Å². The molecule has 0 bridgehead atoms. The van der Waals surface area contributed by atoms with E-state index in [1.165, 1.54) is 0 Å². The fraction of sp³-hybridized carbons (Fsp3) is 0. The minimum atomic E-state index is -0.249. The van der Waals surface area contributed by atoms with Gasteiger partial charge in [0.1, 0.15) is 6.07 Å². The number of anilines is 1. The standard InChI is InChI=1S/C14H7BrClIN2O/c15-12-3-1-9(17)6-11(12)14(20)19-10-2-4-13(16)8(5-10)7-18/h1-6H,(H,19,20). The lowest BCUT2D eigenvalue weighted by Crippen LogP contribution is -2.13. The first kappa shape index (κ1) is 15.3. The third kappa shape index (κ3) is 3.51. The number of benzene rings is 2. The molecule has 1 N–H and O–H groups in total. The summed E-state index contributed by atoms with van der Waals surface area (Å²) in [6.07, 6.45) is 0. The molecule has 100 valence electrons. The Kier molecular flexibility index (Phi) is 5.02. The van der Waals surface area contributed by atoms with Crippen LogP contribution >= 0.6 is 50.1 Å². The molecule has 0 aliphatic rings. The van der Waals surface area contributed by atoms with E-state index in [0.717, 1.165) is 3.57 Å². The summed E-state index contributed by atoms with van der Waals surface area (Å²) in [5.41, 5.74) is 1.39. The van der Waals surface area contributed by atoms with Crippen LogP contribution in [-0.2, 0) is 0 Å². The van der Waals surface area contributed by atoms with Crippen molar-refractivity contribution in [2.45, 2.75) is 0 Å². The van der Waals surface area contributed by atoms with Gasteiger partial charge in [-0.3, -0.25) is 4.79 Å². The lowest BCUT2D eigenvalue weighted by atomic mass is 10.2. The maximum absolute atomic E-state index is 12.2. The van der Waals surface area contributed by atoms with Gasteiger partial charge in [-0.05, 0) is 74.9 Å². The predicted molar refractivity (Wildman–Crippen MR) is 91.0 cm³/mol. The largest absolute Gasteiger partial charge is 0.322 e. The van der Waals surface area contributed by atoms with Crippen LogP contribution in [0.1, 0.15) is 15.9 Å². The van der Waals surface area contributed by atoms with Gasteiger partial charge in [-0.15, -0.1) is 0 Å². The van der Waals surface area contributed by atoms with Crippen LogP contribution in [0.25, 0.3) is 0 Å². The second-order valence-corrected chi connectivity index (χ2v) is 6.39. The van der Waals surface area contributed by atoms with E-state index >= 15 is 0 Å². The fourth-order valence-corrected chi connectivity index (χ4v) is 2.64. The minimum absolute atomic E-state index is 0.249. The summed E-state index contributed by atoms with van der Waals surface area (Å²) in [6, 6.07) is 12.3. The Morgan fingerprint density at radius 1 is 1.30 bits per heavy atom. The van der Waals surface area contributed by atoms with Crippen molar-refractivity contribution in [1.82, 2.24) is 0 Å². The second kappa shape index (κ2) is 6.57. The highest BCUT2D eigenvalue weighted by molar-refractivity contribution is 14.1. The van der Waals surface area contributed by atoms with Gasteiger partial charge < -0.3 is 5.32 Å². The average Bonchev–Trinajstić information content (AvgIpc) is 2.43. The van der Waals surface area contributed by atoms with Gasteiger partial charge in [0.25, 0.3) is 5.91 Å². The van der Waals surface area contributed by atoms with Crippen LogP contribution < -0.4 is 5.32 Å². The van der Waals surface area contributed by atoms with Crippen molar-refractivity contribution in [3.05, 3.63) is 60.6 Å². The van der Waals surface area contributed by atoms with E-state index < -0.39 is 0 Å². The monoisotopic (exact) mass is 460 g/mol. The molecule has 2 aromatic rings. The van der Waals surface area contributed by atoms with E-state index in [0.29, 0.717) is 26.3 Å². The summed E-state index contributed by atoms with van der Waals surface area (Å²) in [7, 11) is 0. The molecule has 0 aromatic heterocycles. The first-order valence-electron chi connectivity index (χ1n) is 5.47. The Morgan fingerprint density at radius 3 is 2.75 bits per heavy atom. The third-order valence-electron chi connectivity index (χ3n) is 2.52. The van der Waals surface area contributed by atoms with Crippen LogP contribution in [0.2, 0.25) is 5.02 Å². The SMILES string of the molecule is N#Cc1cc(NC(=O)c2cc(I)ccc2Br)ccc1Cl. The zero-order valence-electron chi connectivity index (χ0n) is 9.95. The molecule has 2 aromatic carbocycles. The van der Waals surface area contributed by atoms with E-state index in [1.54, 1.807) is 24.3 Å². The summed E-state index contributed by atoms with van der Waals surface area (Å²) in [6.45, 7) is 0. The van der Waals surface area contributed by atoms with Crippen LogP contribution in [0.15, 0.2) is 40.9 Å². The Balaban J connectivity index is 2.28. The number of halogens is 3. The molecular formula is C14H7BrClIN2O. The third-order valence-corrected chi connectivity index (χ3v) is 4.21. The van der Waals surface area contributed by atoms with Gasteiger partial charge in [-0.1, -0.05) is 11.6 Å². The van der Waals surface area contributed by atoms with Gasteiger partial charge in [0.2, 0.25) is 0 Å². The van der Waals surface area contributed by atoms with Gasteiger partial charge in [0.05, 0.1) is 16.1 Å². The molecule has 0 aliphatic carbocycles. The number of rotatable bonds is 2. The first-order chi connectivity index (χ1) is 9.51. The molecule has 0 heterocycles. The van der Waals surface area contributed by atoms with Gasteiger partial charge in [0, 0.05) is 13.7 Å². The van der Waals surface area contributed by atoms with Crippen LogP contribution in [-0.4, -0.2) is 5.91 Å². The number of nitrogens with zero attached hydrogens (tertiary/aromatic N) is 1. The molecule has 0 radical (unpaired) electrons. The Morgan fingerprint density at radius 2 is 2.05 bits per heavy atom. The highest BCUT2D eigenvalue weighted by Gasteiger charge is 2.11. The number of nitriles is 1. The van der Waals surface area contributed by atoms with Crippen LogP contribution in [0.4, 0.5) is 5.69 Å². The molecular weight excluding hydrogens is 454 g/mol. The Bertz CT molecular complexity index is 728. The molecule has 0 fully saturated rings. The zero-order valence-corrected chi connectivity index (χ0v) is 14.5. The fourth-order valence-electron chi connectivity index (χ4n) is 1.56. The second-order valence-electron chi connectivity index (χ2n) is 3.88. The number of amides is 1. The van der Waals surface area contributed by atoms with Gasteiger partial charge in [-0.2, -0.15) is 5.26 Å². The van der Waals surface area contributed by atoms with E-state index in [1.807, 2.05) is 18.2 Å². The topological polar surface area (TPSA) is 52.9 Å². The van der Waals surface area contributed by atoms with Crippen molar-refractivity contribution in [3.63, 3.8) is 0 Å². The van der Waals surface area contributed by atoms with E-state index in [9.17, 15) is 4.79 Å². The maximum Gasteiger partial charge on any atom is 0.256 e. The number of carbonyl (C=O) groups is 1. The van der Waals surface area contributed by atoms with Crippen LogP contribution in [0.5, 0.6) is 0 Å². The van der Waals surface area contributed by atoms with E-state index in [-0.39, 0.29) is 5.91 Å². The van der Waals surface area contributed by atoms with Crippen molar-refractivity contribution >= 4 is 61.7 Å². The first-order valence-corrected chi connectivity index (χ1v) is 7.72. The predicted octanol–water partition coefficient (Wildman–Crippen LogP) is 4.83. The summed E-state index contributed by atoms with van der Waals surface area (Å²) in [5.74, 6) is -0.249. The molecule has 2 rings (SSSR count). The van der Waals surface area contributed by atoms with E-state index in [4.69, 9.17) is 16.9 Å². The number of hydrogen-bond donors (Lipinski definition) is 1. The zero-order chi connectivity index (χ0) is 14.7. The molecule has 0 saturated heterocycles. The molecule has 6 heteroatoms. The van der Waals surface area contributed by atoms with Crippen molar-refractivity contribution in [3.8, 4) is 6.07 Å². The number of nitrogens with one attached hydrogen (secondary N) is 1. The maximum atomic E-state index is 12.2. The quantitative estimate of drug-likeness (QED) is 0.652. The lowest BCUT2D eigenvalue weighted by molar-refractivity contribution is 0.102. The molecule has 0 aliphatic heterocycles. The van der Waals surface area contributed by atoms with E-state index in [2.05, 4.69) is 43.8 Å². The summed E-state index contributed by atoms with van der Waals surface area (Å²) >= 11 is 11.3.